The molecule has 0 saturated carbocycles. The Bertz CT molecular complexity index is 402. The molecule has 2 aliphatic rings. The van der Waals surface area contributed by atoms with Crippen molar-refractivity contribution in [2.75, 3.05) is 6.54 Å². The van der Waals surface area contributed by atoms with Crippen molar-refractivity contribution in [3.63, 3.8) is 0 Å². The van der Waals surface area contributed by atoms with Crippen molar-refractivity contribution in [2.24, 2.45) is 0 Å². The van der Waals surface area contributed by atoms with E-state index in [-0.39, 0.29) is 0 Å². The summed E-state index contributed by atoms with van der Waals surface area (Å²) in [4.78, 5) is 2.44. The van der Waals surface area contributed by atoms with E-state index in [0.29, 0.717) is 6.04 Å². The summed E-state index contributed by atoms with van der Waals surface area (Å²) in [6.07, 6.45) is 3.55. The van der Waals surface area contributed by atoms with Gasteiger partial charge < -0.3 is 5.32 Å². The molecule has 1 aromatic rings. The van der Waals surface area contributed by atoms with Crippen LogP contribution >= 0.6 is 0 Å². The third-order valence-corrected chi connectivity index (χ3v) is 3.86. The fourth-order valence-corrected chi connectivity index (χ4v) is 2.89. The van der Waals surface area contributed by atoms with Gasteiger partial charge in [-0.05, 0) is 30.4 Å². The Morgan fingerprint density at radius 3 is 2.53 bits per heavy atom. The standard InChI is InChI=1S/C14H19N3/c15-14-13(7-3-4-8-16-14)17-9-11-5-1-2-6-12(11)10-17/h1-2,5-6,13H,3-4,7-10H2,(H2,15,16). The van der Waals surface area contributed by atoms with Crippen molar-refractivity contribution < 1.29 is 0 Å². The first kappa shape index (κ1) is 10.8. The molecular weight excluding hydrogens is 210 g/mol. The fourth-order valence-electron chi connectivity index (χ4n) is 2.89. The minimum absolute atomic E-state index is 0.296. The molecule has 3 nitrogen and oxygen atoms in total. The molecule has 2 aliphatic heterocycles. The maximum atomic E-state index is 8.10. The Kier molecular flexibility index (Phi) is 2.85. The first-order valence-corrected chi connectivity index (χ1v) is 6.48. The van der Waals surface area contributed by atoms with E-state index in [9.17, 15) is 0 Å². The minimum Gasteiger partial charge on any atom is -0.373 e. The summed E-state index contributed by atoms with van der Waals surface area (Å²) in [7, 11) is 0. The highest BCUT2D eigenvalue weighted by Gasteiger charge is 2.29. The van der Waals surface area contributed by atoms with Gasteiger partial charge in [0.1, 0.15) is 5.84 Å². The molecule has 3 rings (SSSR count). The molecule has 0 aliphatic carbocycles. The number of nitrogens with one attached hydrogen (secondary N) is 2. The lowest BCUT2D eigenvalue weighted by Crippen LogP contribution is -2.42. The third kappa shape index (κ3) is 2.07. The first-order valence-electron chi connectivity index (χ1n) is 6.48. The Morgan fingerprint density at radius 2 is 1.82 bits per heavy atom. The summed E-state index contributed by atoms with van der Waals surface area (Å²) in [5.74, 6) is 0.718. The Balaban J connectivity index is 1.76. The SMILES string of the molecule is N=C1NCCCCC1N1Cc2ccccc2C1. The highest BCUT2D eigenvalue weighted by atomic mass is 15.2. The van der Waals surface area contributed by atoms with Crippen molar-refractivity contribution in [1.82, 2.24) is 10.2 Å². The van der Waals surface area contributed by atoms with Gasteiger partial charge in [0.05, 0.1) is 6.04 Å². The molecular formula is C14H19N3. The maximum Gasteiger partial charge on any atom is 0.111 e. The number of hydrogen-bond donors (Lipinski definition) is 2. The van der Waals surface area contributed by atoms with Gasteiger partial charge in [0.25, 0.3) is 0 Å². The second kappa shape index (κ2) is 4.49. The number of nitrogens with zero attached hydrogens (tertiary/aromatic N) is 1. The van der Waals surface area contributed by atoms with Crippen LogP contribution in [0.3, 0.4) is 0 Å². The van der Waals surface area contributed by atoms with Gasteiger partial charge in [-0.3, -0.25) is 10.3 Å². The quantitative estimate of drug-likeness (QED) is 0.774. The second-order valence-corrected chi connectivity index (χ2v) is 5.03. The van der Waals surface area contributed by atoms with Crippen LogP contribution in [0.1, 0.15) is 30.4 Å². The summed E-state index contributed by atoms with van der Waals surface area (Å²) < 4.78 is 0. The van der Waals surface area contributed by atoms with Gasteiger partial charge >= 0.3 is 0 Å². The molecule has 1 aromatic carbocycles. The highest BCUT2D eigenvalue weighted by Crippen LogP contribution is 2.26. The van der Waals surface area contributed by atoms with Crippen LogP contribution in [-0.4, -0.2) is 23.3 Å². The summed E-state index contributed by atoms with van der Waals surface area (Å²) in [6, 6.07) is 8.94. The zero-order chi connectivity index (χ0) is 11.7. The van der Waals surface area contributed by atoms with Crippen molar-refractivity contribution in [3.8, 4) is 0 Å². The molecule has 1 unspecified atom stereocenters. The molecule has 90 valence electrons. The van der Waals surface area contributed by atoms with Gasteiger partial charge in [-0.2, -0.15) is 0 Å². The lowest BCUT2D eigenvalue weighted by molar-refractivity contribution is 0.235. The van der Waals surface area contributed by atoms with E-state index in [1.54, 1.807) is 0 Å². The third-order valence-electron chi connectivity index (χ3n) is 3.86. The highest BCUT2D eigenvalue weighted by molar-refractivity contribution is 5.84. The van der Waals surface area contributed by atoms with Gasteiger partial charge in [-0.1, -0.05) is 24.3 Å². The van der Waals surface area contributed by atoms with Crippen LogP contribution in [-0.2, 0) is 13.1 Å². The van der Waals surface area contributed by atoms with Gasteiger partial charge in [-0.15, -0.1) is 0 Å². The van der Waals surface area contributed by atoms with Gasteiger partial charge in [0.2, 0.25) is 0 Å². The van der Waals surface area contributed by atoms with Crippen LogP contribution in [0.5, 0.6) is 0 Å². The van der Waals surface area contributed by atoms with E-state index in [1.807, 2.05) is 0 Å². The van der Waals surface area contributed by atoms with E-state index in [4.69, 9.17) is 5.41 Å². The lowest BCUT2D eigenvalue weighted by atomic mass is 10.1. The van der Waals surface area contributed by atoms with Crippen LogP contribution in [0.4, 0.5) is 0 Å². The number of fused-ring (bicyclic) bond motifs is 1. The van der Waals surface area contributed by atoms with Gasteiger partial charge in [0.15, 0.2) is 0 Å². The molecule has 2 N–H and O–H groups in total. The van der Waals surface area contributed by atoms with E-state index in [1.165, 1.54) is 24.0 Å². The predicted octanol–water partition coefficient (Wildman–Crippen LogP) is 2.12. The zero-order valence-corrected chi connectivity index (χ0v) is 10.1. The molecule has 2 heterocycles. The molecule has 0 spiro atoms. The van der Waals surface area contributed by atoms with Crippen LogP contribution < -0.4 is 5.32 Å². The van der Waals surface area contributed by atoms with Crippen LogP contribution in [0.15, 0.2) is 24.3 Å². The zero-order valence-electron chi connectivity index (χ0n) is 10.1. The monoisotopic (exact) mass is 229 g/mol. The second-order valence-electron chi connectivity index (χ2n) is 5.03. The largest absolute Gasteiger partial charge is 0.373 e. The predicted molar refractivity (Wildman–Crippen MR) is 69.1 cm³/mol. The summed E-state index contributed by atoms with van der Waals surface area (Å²) in [6.45, 7) is 2.98. The lowest BCUT2D eigenvalue weighted by Gasteiger charge is -2.26. The Hall–Kier alpha value is -1.35. The molecule has 1 atom stereocenters. The number of hydrogen-bond acceptors (Lipinski definition) is 2. The first-order chi connectivity index (χ1) is 8.34. The van der Waals surface area contributed by atoms with Crippen LogP contribution in [0.2, 0.25) is 0 Å². The number of rotatable bonds is 1. The smallest absolute Gasteiger partial charge is 0.111 e. The molecule has 0 radical (unpaired) electrons. The van der Waals surface area contributed by atoms with E-state index >= 15 is 0 Å². The van der Waals surface area contributed by atoms with E-state index in [0.717, 1.165) is 31.9 Å². The summed E-state index contributed by atoms with van der Waals surface area (Å²) in [5.41, 5.74) is 2.87. The molecule has 0 amide bonds. The van der Waals surface area contributed by atoms with E-state index < -0.39 is 0 Å². The molecule has 17 heavy (non-hydrogen) atoms. The van der Waals surface area contributed by atoms with E-state index in [2.05, 4.69) is 34.5 Å². The number of amidine groups is 1. The fraction of sp³-hybridized carbons (Fsp3) is 0.500. The topological polar surface area (TPSA) is 39.1 Å². The average Bonchev–Trinajstić information content (AvgIpc) is 2.65. The molecule has 3 heteroatoms. The van der Waals surface area contributed by atoms with Crippen molar-refractivity contribution in [2.45, 2.75) is 38.4 Å². The van der Waals surface area contributed by atoms with Crippen molar-refractivity contribution >= 4 is 5.84 Å². The van der Waals surface area contributed by atoms with Gasteiger partial charge in [0, 0.05) is 19.6 Å². The van der Waals surface area contributed by atoms with Crippen molar-refractivity contribution in [3.05, 3.63) is 35.4 Å². The van der Waals surface area contributed by atoms with Crippen molar-refractivity contribution in [1.29, 1.82) is 5.41 Å². The minimum atomic E-state index is 0.296. The molecule has 1 saturated heterocycles. The van der Waals surface area contributed by atoms with Crippen LogP contribution in [0.25, 0.3) is 0 Å². The van der Waals surface area contributed by atoms with Gasteiger partial charge in [-0.25, -0.2) is 0 Å². The molecule has 0 bridgehead atoms. The molecule has 0 aromatic heterocycles. The maximum absolute atomic E-state index is 8.10. The molecule has 1 fully saturated rings. The average molecular weight is 229 g/mol. The Morgan fingerprint density at radius 1 is 1.12 bits per heavy atom. The normalized spacial score (nSPS) is 25.2. The number of benzene rings is 1. The summed E-state index contributed by atoms with van der Waals surface area (Å²) >= 11 is 0. The van der Waals surface area contributed by atoms with Crippen LogP contribution in [0, 0.1) is 5.41 Å². The summed E-state index contributed by atoms with van der Waals surface area (Å²) in [5, 5.41) is 11.3. The Labute approximate surface area is 102 Å².